The highest BCUT2D eigenvalue weighted by atomic mass is 79.9. The predicted octanol–water partition coefficient (Wildman–Crippen LogP) is 1.38. The Balaban J connectivity index is 1.70. The number of aromatic nitrogens is 1. The van der Waals surface area contributed by atoms with Gasteiger partial charge in [-0.1, -0.05) is 0 Å². The third-order valence-corrected chi connectivity index (χ3v) is 4.98. The lowest BCUT2D eigenvalue weighted by Gasteiger charge is -2.15. The highest BCUT2D eigenvalue weighted by molar-refractivity contribution is 9.10. The number of halogens is 1. The number of hydrogen-bond donors (Lipinski definition) is 1. The molecule has 4 heteroatoms. The Morgan fingerprint density at radius 3 is 3.00 bits per heavy atom. The molecule has 1 N–H and O–H groups in total. The zero-order chi connectivity index (χ0) is 10.9. The molecule has 5 atom stereocenters. The van der Waals surface area contributed by atoms with Crippen molar-refractivity contribution >= 4 is 15.9 Å². The maximum absolute atomic E-state index is 10.6. The van der Waals surface area contributed by atoms with Crippen molar-refractivity contribution in [1.29, 1.82) is 0 Å². The molecular formula is C12H13BrN2O. The summed E-state index contributed by atoms with van der Waals surface area (Å²) in [5.41, 5.74) is 0.589. The van der Waals surface area contributed by atoms with Crippen LogP contribution in [0, 0.1) is 5.92 Å². The number of pyridine rings is 1. The van der Waals surface area contributed by atoms with E-state index in [9.17, 15) is 5.11 Å². The minimum atomic E-state index is -0.459. The Labute approximate surface area is 103 Å². The van der Waals surface area contributed by atoms with E-state index in [1.54, 1.807) is 0 Å². The van der Waals surface area contributed by atoms with E-state index >= 15 is 0 Å². The average Bonchev–Trinajstić information content (AvgIpc) is 2.62. The lowest BCUT2D eigenvalue weighted by atomic mass is 9.96. The van der Waals surface area contributed by atoms with E-state index in [0.717, 1.165) is 29.7 Å². The molecule has 1 aromatic rings. The van der Waals surface area contributed by atoms with Crippen LogP contribution in [-0.4, -0.2) is 39.7 Å². The number of aliphatic hydroxyl groups is 1. The van der Waals surface area contributed by atoms with Crippen molar-refractivity contribution in [3.8, 4) is 0 Å². The number of rotatable bonds is 1. The van der Waals surface area contributed by atoms with Gasteiger partial charge in [-0.3, -0.25) is 9.88 Å². The molecule has 2 aliphatic heterocycles. The molecule has 2 saturated heterocycles. The molecule has 1 aliphatic carbocycles. The largest absolute Gasteiger partial charge is 0.387 e. The van der Waals surface area contributed by atoms with Crippen LogP contribution in [0.5, 0.6) is 0 Å². The molecule has 3 aliphatic rings. The number of hydrogen-bond acceptors (Lipinski definition) is 3. The van der Waals surface area contributed by atoms with Gasteiger partial charge in [0.15, 0.2) is 0 Å². The van der Waals surface area contributed by atoms with Crippen LogP contribution >= 0.6 is 15.9 Å². The monoisotopic (exact) mass is 280 g/mol. The number of nitrogens with zero attached hydrogens (tertiary/aromatic N) is 2. The summed E-state index contributed by atoms with van der Waals surface area (Å²) in [6.07, 6.45) is 2.98. The third-order valence-electron chi connectivity index (χ3n) is 4.51. The van der Waals surface area contributed by atoms with E-state index in [4.69, 9.17) is 0 Å². The van der Waals surface area contributed by atoms with E-state index < -0.39 is 5.60 Å². The van der Waals surface area contributed by atoms with Gasteiger partial charge < -0.3 is 5.11 Å². The summed E-state index contributed by atoms with van der Waals surface area (Å²) < 4.78 is 0.998. The van der Waals surface area contributed by atoms with Crippen LogP contribution in [0.15, 0.2) is 22.8 Å². The summed E-state index contributed by atoms with van der Waals surface area (Å²) in [4.78, 5) is 6.86. The second kappa shape index (κ2) is 2.86. The van der Waals surface area contributed by atoms with Gasteiger partial charge in [0.2, 0.25) is 0 Å². The molecule has 0 spiro atoms. The molecule has 0 radical (unpaired) electrons. The van der Waals surface area contributed by atoms with E-state index in [-0.39, 0.29) is 5.92 Å². The van der Waals surface area contributed by atoms with Crippen molar-refractivity contribution in [3.05, 3.63) is 28.5 Å². The molecule has 16 heavy (non-hydrogen) atoms. The highest BCUT2D eigenvalue weighted by Gasteiger charge is 2.76. The lowest BCUT2D eigenvalue weighted by molar-refractivity contribution is 0.0838. The Hall–Kier alpha value is -0.450. The normalized spacial score (nSPS) is 48.1. The van der Waals surface area contributed by atoms with Crippen LogP contribution < -0.4 is 0 Å². The van der Waals surface area contributed by atoms with Crippen LogP contribution in [0.2, 0.25) is 0 Å². The van der Waals surface area contributed by atoms with Gasteiger partial charge in [-0.05, 0) is 41.0 Å². The molecule has 2 bridgehead atoms. The molecule has 5 unspecified atom stereocenters. The molecule has 3 heterocycles. The smallest absolute Gasteiger partial charge is 0.0949 e. The van der Waals surface area contributed by atoms with E-state index in [1.165, 1.54) is 0 Å². The SMILES string of the molecule is OC12C3CCN(C3)C1C2c1ccc(Br)cn1. The Morgan fingerprint density at radius 1 is 1.50 bits per heavy atom. The second-order valence-corrected chi connectivity index (χ2v) is 6.11. The maximum atomic E-state index is 10.6. The maximum Gasteiger partial charge on any atom is 0.0949 e. The van der Waals surface area contributed by atoms with Crippen molar-refractivity contribution < 1.29 is 5.11 Å². The first-order valence-corrected chi connectivity index (χ1v) is 6.58. The third kappa shape index (κ3) is 0.985. The summed E-state index contributed by atoms with van der Waals surface area (Å²) in [5.74, 6) is 0.731. The first-order chi connectivity index (χ1) is 7.71. The summed E-state index contributed by atoms with van der Waals surface area (Å²) in [7, 11) is 0. The molecule has 84 valence electrons. The van der Waals surface area contributed by atoms with Crippen LogP contribution in [-0.2, 0) is 0 Å². The molecule has 1 saturated carbocycles. The fraction of sp³-hybridized carbons (Fsp3) is 0.583. The first-order valence-electron chi connectivity index (χ1n) is 5.79. The molecule has 4 rings (SSSR count). The van der Waals surface area contributed by atoms with Crippen molar-refractivity contribution in [2.24, 2.45) is 5.92 Å². The van der Waals surface area contributed by atoms with Crippen molar-refractivity contribution in [2.45, 2.75) is 24.0 Å². The number of fused-ring (bicyclic) bond motifs is 5. The molecule has 3 fully saturated rings. The number of piperidine rings is 2. The van der Waals surface area contributed by atoms with Crippen LogP contribution in [0.4, 0.5) is 0 Å². The fourth-order valence-electron chi connectivity index (χ4n) is 3.76. The van der Waals surface area contributed by atoms with Gasteiger partial charge in [0.05, 0.1) is 17.6 Å². The minimum absolute atomic E-state index is 0.252. The predicted molar refractivity (Wildman–Crippen MR) is 63.1 cm³/mol. The Bertz CT molecular complexity index is 449. The van der Waals surface area contributed by atoms with Crippen LogP contribution in [0.25, 0.3) is 0 Å². The van der Waals surface area contributed by atoms with Crippen LogP contribution in [0.3, 0.4) is 0 Å². The van der Waals surface area contributed by atoms with Gasteiger partial charge in [-0.15, -0.1) is 0 Å². The fourth-order valence-corrected chi connectivity index (χ4v) is 4.00. The van der Waals surface area contributed by atoms with Gasteiger partial charge >= 0.3 is 0 Å². The summed E-state index contributed by atoms with van der Waals surface area (Å²) in [6.45, 7) is 2.25. The van der Waals surface area contributed by atoms with Crippen molar-refractivity contribution in [3.63, 3.8) is 0 Å². The van der Waals surface area contributed by atoms with Crippen LogP contribution in [0.1, 0.15) is 18.0 Å². The standard InChI is InChI=1S/C12H13BrN2O/c13-8-1-2-9(14-5-8)10-11-12(10,16)7-3-4-15(11)6-7/h1-2,5,7,10-11,16H,3-4,6H2. The minimum Gasteiger partial charge on any atom is -0.387 e. The van der Waals surface area contributed by atoms with Gasteiger partial charge in [0.25, 0.3) is 0 Å². The van der Waals surface area contributed by atoms with E-state index in [0.29, 0.717) is 12.0 Å². The summed E-state index contributed by atoms with van der Waals surface area (Å²) in [6, 6.07) is 4.39. The molecule has 0 aromatic carbocycles. The lowest BCUT2D eigenvalue weighted by Crippen LogP contribution is -2.27. The Morgan fingerprint density at radius 2 is 2.38 bits per heavy atom. The summed E-state index contributed by atoms with van der Waals surface area (Å²) >= 11 is 3.39. The summed E-state index contributed by atoms with van der Waals surface area (Å²) in [5, 5.41) is 10.6. The highest BCUT2D eigenvalue weighted by Crippen LogP contribution is 2.65. The second-order valence-electron chi connectivity index (χ2n) is 5.19. The molecule has 3 nitrogen and oxygen atoms in total. The van der Waals surface area contributed by atoms with Gasteiger partial charge in [-0.2, -0.15) is 0 Å². The molecule has 1 aromatic heterocycles. The van der Waals surface area contributed by atoms with Crippen molar-refractivity contribution in [2.75, 3.05) is 13.1 Å². The van der Waals surface area contributed by atoms with E-state index in [2.05, 4.69) is 25.8 Å². The van der Waals surface area contributed by atoms with E-state index in [1.807, 2.05) is 18.3 Å². The van der Waals surface area contributed by atoms with Gasteiger partial charge in [-0.25, -0.2) is 0 Å². The molecule has 0 amide bonds. The topological polar surface area (TPSA) is 36.4 Å². The average molecular weight is 281 g/mol. The van der Waals surface area contributed by atoms with Gasteiger partial charge in [0, 0.05) is 28.8 Å². The van der Waals surface area contributed by atoms with Crippen molar-refractivity contribution in [1.82, 2.24) is 9.88 Å². The quantitative estimate of drug-likeness (QED) is 0.844. The first kappa shape index (κ1) is 9.57. The van der Waals surface area contributed by atoms with Gasteiger partial charge in [0.1, 0.15) is 0 Å². The zero-order valence-electron chi connectivity index (χ0n) is 8.81. The zero-order valence-corrected chi connectivity index (χ0v) is 10.4. The Kier molecular flexibility index (Phi) is 1.71. The molecular weight excluding hydrogens is 268 g/mol.